The van der Waals surface area contributed by atoms with Gasteiger partial charge in [-0.1, -0.05) is 18.2 Å². The molecule has 2 aromatic rings. The summed E-state index contributed by atoms with van der Waals surface area (Å²) in [4.78, 5) is 13.5. The van der Waals surface area contributed by atoms with Crippen LogP contribution in [0, 0.1) is 5.41 Å². The number of carboxylic acid groups (broad SMARTS) is 1. The second kappa shape index (κ2) is 4.62. The molecule has 3 nitrogen and oxygen atoms in total. The Hall–Kier alpha value is -1.39. The van der Waals surface area contributed by atoms with E-state index in [9.17, 15) is 9.90 Å². The number of carboxylic acids is 1. The Balaban J connectivity index is 1.78. The van der Waals surface area contributed by atoms with Gasteiger partial charge in [0, 0.05) is 17.8 Å². The number of rotatable bonds is 3. The molecule has 0 spiro atoms. The Bertz CT molecular complexity index is 621. The van der Waals surface area contributed by atoms with E-state index in [4.69, 9.17) is 0 Å². The Morgan fingerprint density at radius 1 is 1.47 bits per heavy atom. The molecule has 4 heteroatoms. The van der Waals surface area contributed by atoms with Crippen LogP contribution < -0.4 is 0 Å². The molecule has 1 aliphatic rings. The molecular formula is C15H17NO2S. The Labute approximate surface area is 116 Å². The highest BCUT2D eigenvalue weighted by molar-refractivity contribution is 7.17. The van der Waals surface area contributed by atoms with Crippen molar-refractivity contribution < 1.29 is 9.90 Å². The fourth-order valence-electron chi connectivity index (χ4n) is 2.76. The van der Waals surface area contributed by atoms with Crippen LogP contribution in [0.2, 0.25) is 0 Å². The molecule has 1 aliphatic heterocycles. The Morgan fingerprint density at radius 2 is 2.26 bits per heavy atom. The lowest BCUT2D eigenvalue weighted by Gasteiger charge is -2.19. The lowest BCUT2D eigenvalue weighted by atomic mass is 9.90. The first-order valence-corrected chi connectivity index (χ1v) is 7.37. The number of hydrogen-bond acceptors (Lipinski definition) is 3. The molecule has 100 valence electrons. The third kappa shape index (κ3) is 2.26. The average molecular weight is 275 g/mol. The third-order valence-corrected chi connectivity index (χ3v) is 5.04. The minimum absolute atomic E-state index is 0.578. The van der Waals surface area contributed by atoms with Crippen LogP contribution in [0.1, 0.15) is 18.9 Å². The van der Waals surface area contributed by atoms with Crippen molar-refractivity contribution in [2.45, 2.75) is 19.9 Å². The smallest absolute Gasteiger partial charge is 0.310 e. The summed E-state index contributed by atoms with van der Waals surface area (Å²) in [6, 6.07) is 8.40. The van der Waals surface area contributed by atoms with Gasteiger partial charge in [0.2, 0.25) is 0 Å². The van der Waals surface area contributed by atoms with Crippen molar-refractivity contribution in [2.75, 3.05) is 13.1 Å². The van der Waals surface area contributed by atoms with E-state index >= 15 is 0 Å². The van der Waals surface area contributed by atoms with E-state index in [0.29, 0.717) is 6.54 Å². The minimum atomic E-state index is -0.676. The van der Waals surface area contributed by atoms with E-state index in [-0.39, 0.29) is 0 Å². The second-order valence-electron chi connectivity index (χ2n) is 5.58. The highest BCUT2D eigenvalue weighted by Crippen LogP contribution is 2.33. The van der Waals surface area contributed by atoms with E-state index in [1.165, 1.54) is 15.6 Å². The molecule has 1 N–H and O–H groups in total. The van der Waals surface area contributed by atoms with Crippen LogP contribution in [-0.2, 0) is 11.3 Å². The van der Waals surface area contributed by atoms with Gasteiger partial charge in [-0.3, -0.25) is 9.69 Å². The summed E-state index contributed by atoms with van der Waals surface area (Å²) in [6.45, 7) is 4.22. The van der Waals surface area contributed by atoms with E-state index in [2.05, 4.69) is 34.5 Å². The van der Waals surface area contributed by atoms with Crippen molar-refractivity contribution >= 4 is 27.4 Å². The average Bonchev–Trinajstić information content (AvgIpc) is 2.96. The molecule has 0 saturated carbocycles. The van der Waals surface area contributed by atoms with Gasteiger partial charge in [0.1, 0.15) is 0 Å². The van der Waals surface area contributed by atoms with Gasteiger partial charge >= 0.3 is 5.97 Å². The molecule has 0 bridgehead atoms. The van der Waals surface area contributed by atoms with Crippen molar-refractivity contribution in [3.8, 4) is 0 Å². The molecule has 19 heavy (non-hydrogen) atoms. The maximum absolute atomic E-state index is 11.3. The standard InChI is InChI=1S/C15H17NO2S/c1-15(14(17)18)6-7-16(10-15)8-11-9-19-13-5-3-2-4-12(11)13/h2-5,9H,6-8,10H2,1H3,(H,17,18). The SMILES string of the molecule is CC1(C(=O)O)CCN(Cc2csc3ccccc23)C1. The molecule has 1 atom stereocenters. The first-order valence-electron chi connectivity index (χ1n) is 6.49. The molecule has 0 radical (unpaired) electrons. The third-order valence-electron chi connectivity index (χ3n) is 4.02. The minimum Gasteiger partial charge on any atom is -0.481 e. The number of likely N-dealkylation sites (tertiary alicyclic amines) is 1. The van der Waals surface area contributed by atoms with Crippen LogP contribution in [0.5, 0.6) is 0 Å². The summed E-state index contributed by atoms with van der Waals surface area (Å²) < 4.78 is 1.30. The summed E-state index contributed by atoms with van der Waals surface area (Å²) in [7, 11) is 0. The Kier molecular flexibility index (Phi) is 3.07. The van der Waals surface area contributed by atoms with Crippen LogP contribution >= 0.6 is 11.3 Å². The first-order chi connectivity index (χ1) is 9.08. The van der Waals surface area contributed by atoms with Crippen LogP contribution in [0.3, 0.4) is 0 Å². The van der Waals surface area contributed by atoms with Crippen molar-refractivity contribution in [3.05, 3.63) is 35.2 Å². The Morgan fingerprint density at radius 3 is 3.00 bits per heavy atom. The maximum Gasteiger partial charge on any atom is 0.310 e. The summed E-state index contributed by atoms with van der Waals surface area (Å²) in [5.74, 6) is -0.676. The molecule has 3 rings (SSSR count). The molecular weight excluding hydrogens is 258 g/mol. The van der Waals surface area contributed by atoms with Crippen molar-refractivity contribution in [3.63, 3.8) is 0 Å². The molecule has 1 aromatic carbocycles. The summed E-state index contributed by atoms with van der Waals surface area (Å²) in [5, 5.41) is 12.8. The summed E-state index contributed by atoms with van der Waals surface area (Å²) >= 11 is 1.76. The number of thiophene rings is 1. The lowest BCUT2D eigenvalue weighted by Crippen LogP contribution is -2.31. The van der Waals surface area contributed by atoms with Crippen LogP contribution in [0.15, 0.2) is 29.6 Å². The van der Waals surface area contributed by atoms with Gasteiger partial charge in [-0.2, -0.15) is 0 Å². The number of fused-ring (bicyclic) bond motifs is 1. The largest absolute Gasteiger partial charge is 0.481 e. The van der Waals surface area contributed by atoms with Gasteiger partial charge in [0.15, 0.2) is 0 Å². The second-order valence-corrected chi connectivity index (χ2v) is 6.49. The van der Waals surface area contributed by atoms with Crippen molar-refractivity contribution in [2.24, 2.45) is 5.41 Å². The number of carbonyl (C=O) groups is 1. The van der Waals surface area contributed by atoms with Crippen molar-refractivity contribution in [1.29, 1.82) is 0 Å². The zero-order chi connectivity index (χ0) is 13.5. The van der Waals surface area contributed by atoms with E-state index < -0.39 is 11.4 Å². The number of hydrogen-bond donors (Lipinski definition) is 1. The highest BCUT2D eigenvalue weighted by Gasteiger charge is 2.40. The van der Waals surface area contributed by atoms with Crippen LogP contribution in [-0.4, -0.2) is 29.1 Å². The highest BCUT2D eigenvalue weighted by atomic mass is 32.1. The number of benzene rings is 1. The molecule has 1 aromatic heterocycles. The fraction of sp³-hybridized carbons (Fsp3) is 0.400. The van der Waals surface area contributed by atoms with E-state index in [0.717, 1.165) is 19.5 Å². The molecule has 0 aliphatic carbocycles. The van der Waals surface area contributed by atoms with Gasteiger partial charge < -0.3 is 5.11 Å². The number of nitrogens with zero attached hydrogens (tertiary/aromatic N) is 1. The first kappa shape index (κ1) is 12.6. The van der Waals surface area contributed by atoms with Crippen LogP contribution in [0.4, 0.5) is 0 Å². The summed E-state index contributed by atoms with van der Waals surface area (Å²) in [6.07, 6.45) is 0.740. The fourth-order valence-corrected chi connectivity index (χ4v) is 3.72. The molecule has 1 saturated heterocycles. The molecule has 1 unspecified atom stereocenters. The zero-order valence-corrected chi connectivity index (χ0v) is 11.7. The van der Waals surface area contributed by atoms with Gasteiger partial charge in [-0.05, 0) is 42.3 Å². The quantitative estimate of drug-likeness (QED) is 0.935. The molecule has 0 amide bonds. The number of aliphatic carboxylic acids is 1. The van der Waals surface area contributed by atoms with Gasteiger partial charge in [-0.25, -0.2) is 0 Å². The van der Waals surface area contributed by atoms with Gasteiger partial charge in [0.05, 0.1) is 5.41 Å². The topological polar surface area (TPSA) is 40.5 Å². The zero-order valence-electron chi connectivity index (χ0n) is 10.9. The van der Waals surface area contributed by atoms with E-state index in [1.54, 1.807) is 11.3 Å². The predicted molar refractivity (Wildman–Crippen MR) is 77.5 cm³/mol. The van der Waals surface area contributed by atoms with Gasteiger partial charge in [0.25, 0.3) is 0 Å². The molecule has 2 heterocycles. The maximum atomic E-state index is 11.3. The van der Waals surface area contributed by atoms with E-state index in [1.807, 2.05) is 6.92 Å². The van der Waals surface area contributed by atoms with Crippen LogP contribution in [0.25, 0.3) is 10.1 Å². The predicted octanol–water partition coefficient (Wildman–Crippen LogP) is 3.20. The summed E-state index contributed by atoms with van der Waals surface area (Å²) in [5.41, 5.74) is 0.737. The van der Waals surface area contributed by atoms with Gasteiger partial charge in [-0.15, -0.1) is 11.3 Å². The molecule has 1 fully saturated rings. The van der Waals surface area contributed by atoms with Crippen molar-refractivity contribution in [1.82, 2.24) is 4.90 Å². The monoisotopic (exact) mass is 275 g/mol. The lowest BCUT2D eigenvalue weighted by molar-refractivity contribution is -0.147. The normalized spacial score (nSPS) is 24.1.